The van der Waals surface area contributed by atoms with Crippen LogP contribution in [0.2, 0.25) is 5.02 Å². The number of hydrogen-bond acceptors (Lipinski definition) is 1. The van der Waals surface area contributed by atoms with Crippen LogP contribution in [0.5, 0.6) is 0 Å². The number of rotatable bonds is 2. The molecule has 1 aliphatic carbocycles. The van der Waals surface area contributed by atoms with E-state index in [0.29, 0.717) is 16.5 Å². The largest absolute Gasteiger partial charge is 0.370 e. The average molecular weight is 424 g/mol. The van der Waals surface area contributed by atoms with E-state index in [1.807, 2.05) is 0 Å². The summed E-state index contributed by atoms with van der Waals surface area (Å²) in [5.41, 5.74) is 6.65. The zero-order valence-electron chi connectivity index (χ0n) is 11.8. The Kier molecular flexibility index (Phi) is 5.71. The molecule has 0 spiro atoms. The topological polar surface area (TPSA) is 41.6 Å². The Balaban J connectivity index is 0.00000161. The highest BCUT2D eigenvalue weighted by atomic mass is 127. The van der Waals surface area contributed by atoms with E-state index in [9.17, 15) is 4.39 Å². The first-order valence-corrected chi connectivity index (χ1v) is 7.56. The summed E-state index contributed by atoms with van der Waals surface area (Å²) < 4.78 is 13.8. The number of hydrogen-bond donors (Lipinski definition) is 1. The summed E-state index contributed by atoms with van der Waals surface area (Å²) in [6.07, 6.45) is 4.43. The Morgan fingerprint density at radius 2 is 2.00 bits per heavy atom. The normalized spacial score (nSPS) is 25.4. The lowest BCUT2D eigenvalue weighted by Crippen LogP contribution is -2.41. The SMILES string of the molecule is I.NC(=NC1CC1c1c(F)cccc1Cl)N1CCCCC1. The van der Waals surface area contributed by atoms with Crippen LogP contribution in [0.1, 0.15) is 37.2 Å². The summed E-state index contributed by atoms with van der Waals surface area (Å²) >= 11 is 6.08. The van der Waals surface area contributed by atoms with Crippen molar-refractivity contribution in [3.63, 3.8) is 0 Å². The number of benzene rings is 1. The van der Waals surface area contributed by atoms with E-state index in [-0.39, 0.29) is 41.8 Å². The molecule has 0 aromatic heterocycles. The number of halogens is 3. The minimum atomic E-state index is -0.239. The summed E-state index contributed by atoms with van der Waals surface area (Å²) in [4.78, 5) is 6.67. The lowest BCUT2D eigenvalue weighted by atomic mass is 10.1. The fraction of sp³-hybridized carbons (Fsp3) is 0.533. The molecule has 2 atom stereocenters. The van der Waals surface area contributed by atoms with Crippen LogP contribution < -0.4 is 5.73 Å². The summed E-state index contributed by atoms with van der Waals surface area (Å²) in [5.74, 6) is 0.438. The van der Waals surface area contributed by atoms with Crippen molar-refractivity contribution < 1.29 is 4.39 Å². The van der Waals surface area contributed by atoms with Gasteiger partial charge in [0.15, 0.2) is 5.96 Å². The number of nitrogens with zero attached hydrogens (tertiary/aromatic N) is 2. The molecule has 116 valence electrons. The first kappa shape index (κ1) is 16.8. The summed E-state index contributed by atoms with van der Waals surface area (Å²) in [5, 5.41) is 0.490. The maximum atomic E-state index is 13.8. The molecule has 1 aliphatic heterocycles. The quantitative estimate of drug-likeness (QED) is 0.447. The van der Waals surface area contributed by atoms with Gasteiger partial charge in [-0.15, -0.1) is 24.0 Å². The first-order valence-electron chi connectivity index (χ1n) is 7.19. The molecule has 0 bridgehead atoms. The second-order valence-corrected chi connectivity index (χ2v) is 5.99. The van der Waals surface area contributed by atoms with E-state index < -0.39 is 0 Å². The monoisotopic (exact) mass is 423 g/mol. The fourth-order valence-corrected chi connectivity index (χ4v) is 3.18. The zero-order chi connectivity index (χ0) is 14.1. The van der Waals surface area contributed by atoms with Crippen molar-refractivity contribution in [3.05, 3.63) is 34.6 Å². The average Bonchev–Trinajstić information content (AvgIpc) is 3.18. The molecule has 2 fully saturated rings. The maximum Gasteiger partial charge on any atom is 0.191 e. The third-order valence-corrected chi connectivity index (χ3v) is 4.43. The molecular weight excluding hydrogens is 404 g/mol. The fourth-order valence-electron chi connectivity index (χ4n) is 2.87. The van der Waals surface area contributed by atoms with Crippen molar-refractivity contribution in [3.8, 4) is 0 Å². The smallest absolute Gasteiger partial charge is 0.191 e. The number of piperidine rings is 1. The van der Waals surface area contributed by atoms with Crippen LogP contribution in [-0.2, 0) is 0 Å². The van der Waals surface area contributed by atoms with Crippen molar-refractivity contribution in [2.75, 3.05) is 13.1 Å². The Morgan fingerprint density at radius 3 is 2.67 bits per heavy atom. The van der Waals surface area contributed by atoms with Crippen molar-refractivity contribution in [2.45, 2.75) is 37.6 Å². The van der Waals surface area contributed by atoms with Crippen LogP contribution >= 0.6 is 35.6 Å². The molecular formula is C15H20ClFIN3. The molecule has 1 saturated carbocycles. The third-order valence-electron chi connectivity index (χ3n) is 4.11. The van der Waals surface area contributed by atoms with E-state index >= 15 is 0 Å². The Bertz CT molecular complexity index is 511. The van der Waals surface area contributed by atoms with Crippen LogP contribution in [0.4, 0.5) is 4.39 Å². The minimum absolute atomic E-state index is 0. The second kappa shape index (κ2) is 7.13. The highest BCUT2D eigenvalue weighted by Gasteiger charge is 2.41. The van der Waals surface area contributed by atoms with Crippen LogP contribution in [0.3, 0.4) is 0 Å². The van der Waals surface area contributed by atoms with Crippen LogP contribution in [-0.4, -0.2) is 30.0 Å². The molecule has 2 N–H and O–H groups in total. The van der Waals surface area contributed by atoms with Crippen molar-refractivity contribution >= 4 is 41.5 Å². The molecule has 1 heterocycles. The Labute approximate surface area is 146 Å². The summed E-state index contributed by atoms with van der Waals surface area (Å²) in [6, 6.07) is 4.89. The molecule has 1 saturated heterocycles. The maximum absolute atomic E-state index is 13.8. The first-order chi connectivity index (χ1) is 9.66. The molecule has 2 unspecified atom stereocenters. The van der Waals surface area contributed by atoms with Crippen LogP contribution in [0.15, 0.2) is 23.2 Å². The number of likely N-dealkylation sites (tertiary alicyclic amines) is 1. The van der Waals surface area contributed by atoms with E-state index in [1.165, 1.54) is 25.3 Å². The predicted molar refractivity (Wildman–Crippen MR) is 95.0 cm³/mol. The van der Waals surface area contributed by atoms with E-state index in [2.05, 4.69) is 9.89 Å². The molecule has 3 nitrogen and oxygen atoms in total. The molecule has 21 heavy (non-hydrogen) atoms. The van der Waals surface area contributed by atoms with Gasteiger partial charge in [0.25, 0.3) is 0 Å². The van der Waals surface area contributed by atoms with Gasteiger partial charge < -0.3 is 10.6 Å². The van der Waals surface area contributed by atoms with Gasteiger partial charge in [-0.05, 0) is 37.8 Å². The zero-order valence-corrected chi connectivity index (χ0v) is 14.9. The molecule has 0 amide bonds. The van der Waals surface area contributed by atoms with Crippen molar-refractivity contribution in [2.24, 2.45) is 10.7 Å². The lowest BCUT2D eigenvalue weighted by Gasteiger charge is -2.27. The highest BCUT2D eigenvalue weighted by Crippen LogP contribution is 2.47. The van der Waals surface area contributed by atoms with Crippen LogP contribution in [0.25, 0.3) is 0 Å². The van der Waals surface area contributed by atoms with Gasteiger partial charge in [-0.25, -0.2) is 9.38 Å². The molecule has 1 aromatic rings. The van der Waals surface area contributed by atoms with Gasteiger partial charge in [0, 0.05) is 29.6 Å². The van der Waals surface area contributed by atoms with Gasteiger partial charge >= 0.3 is 0 Å². The van der Waals surface area contributed by atoms with Gasteiger partial charge in [0.05, 0.1) is 6.04 Å². The number of nitrogens with two attached hydrogens (primary N) is 1. The van der Waals surface area contributed by atoms with E-state index in [1.54, 1.807) is 12.1 Å². The molecule has 3 rings (SSSR count). The van der Waals surface area contributed by atoms with Crippen LogP contribution in [0, 0.1) is 5.82 Å². The molecule has 1 aromatic carbocycles. The van der Waals surface area contributed by atoms with E-state index in [4.69, 9.17) is 17.3 Å². The van der Waals surface area contributed by atoms with Gasteiger partial charge in [-0.3, -0.25) is 0 Å². The third kappa shape index (κ3) is 3.80. The Hall–Kier alpha value is -0.560. The predicted octanol–water partition coefficient (Wildman–Crippen LogP) is 3.75. The standard InChI is InChI=1S/C15H19ClFN3.HI/c16-11-5-4-6-12(17)14(11)10-9-13(10)19-15(18)20-7-2-1-3-8-20;/h4-6,10,13H,1-3,7-9H2,(H2,18,19);1H. The van der Waals surface area contributed by atoms with Gasteiger partial charge in [0.2, 0.25) is 0 Å². The van der Waals surface area contributed by atoms with Crippen molar-refractivity contribution in [1.82, 2.24) is 4.90 Å². The molecule has 2 aliphatic rings. The van der Waals surface area contributed by atoms with Gasteiger partial charge in [-0.1, -0.05) is 17.7 Å². The number of guanidine groups is 1. The van der Waals surface area contributed by atoms with Gasteiger partial charge in [-0.2, -0.15) is 0 Å². The van der Waals surface area contributed by atoms with E-state index in [0.717, 1.165) is 19.5 Å². The lowest BCUT2D eigenvalue weighted by molar-refractivity contribution is 0.338. The summed E-state index contributed by atoms with van der Waals surface area (Å²) in [7, 11) is 0. The van der Waals surface area contributed by atoms with Crippen molar-refractivity contribution in [1.29, 1.82) is 0 Å². The minimum Gasteiger partial charge on any atom is -0.370 e. The summed E-state index contributed by atoms with van der Waals surface area (Å²) in [6.45, 7) is 1.96. The molecule has 6 heteroatoms. The number of aliphatic imine (C=N–C) groups is 1. The Morgan fingerprint density at radius 1 is 1.29 bits per heavy atom. The van der Waals surface area contributed by atoms with Gasteiger partial charge in [0.1, 0.15) is 5.82 Å². The second-order valence-electron chi connectivity index (χ2n) is 5.58. The molecule has 0 radical (unpaired) electrons. The highest BCUT2D eigenvalue weighted by molar-refractivity contribution is 14.0.